The third-order valence-corrected chi connectivity index (χ3v) is 4.33. The van der Waals surface area contributed by atoms with Crippen molar-refractivity contribution in [3.05, 3.63) is 63.6 Å². The van der Waals surface area contributed by atoms with Crippen molar-refractivity contribution < 1.29 is 9.53 Å². The van der Waals surface area contributed by atoms with Gasteiger partial charge in [-0.2, -0.15) is 0 Å². The smallest absolute Gasteiger partial charge is 0.337 e. The second-order valence-electron chi connectivity index (χ2n) is 4.61. The second-order valence-corrected chi connectivity index (χ2v) is 6.11. The van der Waals surface area contributed by atoms with Gasteiger partial charge in [0.25, 0.3) is 0 Å². The summed E-state index contributed by atoms with van der Waals surface area (Å²) in [6.45, 7) is 0. The third-order valence-electron chi connectivity index (χ3n) is 3.09. The first-order valence-corrected chi connectivity index (χ1v) is 7.78. The highest BCUT2D eigenvalue weighted by molar-refractivity contribution is 7.19. The van der Waals surface area contributed by atoms with Crippen LogP contribution in [0.4, 0.5) is 0 Å². The van der Waals surface area contributed by atoms with E-state index in [9.17, 15) is 4.79 Å². The van der Waals surface area contributed by atoms with Gasteiger partial charge in [0.1, 0.15) is 5.01 Å². The first-order chi connectivity index (χ1) is 10.7. The van der Waals surface area contributed by atoms with E-state index in [2.05, 4.69) is 4.98 Å². The molecule has 0 amide bonds. The number of thiazole rings is 1. The molecule has 0 saturated heterocycles. The SMILES string of the molecule is COC(=O)c1cccc(C=Cc2nc3cc(Cl)ccc3s2)c1. The number of ether oxygens (including phenoxy) is 1. The third kappa shape index (κ3) is 3.18. The maximum absolute atomic E-state index is 11.5. The van der Waals surface area contributed by atoms with E-state index in [1.54, 1.807) is 23.5 Å². The van der Waals surface area contributed by atoms with Gasteiger partial charge in [-0.1, -0.05) is 29.8 Å². The van der Waals surface area contributed by atoms with Crippen molar-refractivity contribution >= 4 is 51.3 Å². The Bertz CT molecular complexity index is 870. The predicted octanol–water partition coefficient (Wildman–Crippen LogP) is 4.91. The number of hydrogen-bond donors (Lipinski definition) is 0. The first-order valence-electron chi connectivity index (χ1n) is 6.58. The molecule has 1 heterocycles. The van der Waals surface area contributed by atoms with Crippen molar-refractivity contribution in [2.24, 2.45) is 0 Å². The van der Waals surface area contributed by atoms with Crippen LogP contribution in [0.5, 0.6) is 0 Å². The van der Waals surface area contributed by atoms with Gasteiger partial charge >= 0.3 is 5.97 Å². The number of rotatable bonds is 3. The van der Waals surface area contributed by atoms with Crippen molar-refractivity contribution in [2.75, 3.05) is 7.11 Å². The van der Waals surface area contributed by atoms with E-state index >= 15 is 0 Å². The number of nitrogens with zero attached hydrogens (tertiary/aromatic N) is 1. The highest BCUT2D eigenvalue weighted by Crippen LogP contribution is 2.26. The quantitative estimate of drug-likeness (QED) is 0.641. The van der Waals surface area contributed by atoms with E-state index in [1.165, 1.54) is 7.11 Å². The molecule has 3 rings (SSSR count). The zero-order valence-corrected chi connectivity index (χ0v) is 13.3. The lowest BCUT2D eigenvalue weighted by atomic mass is 10.1. The Hall–Kier alpha value is -2.17. The van der Waals surface area contributed by atoms with Crippen LogP contribution in [-0.4, -0.2) is 18.1 Å². The average Bonchev–Trinajstić information content (AvgIpc) is 2.94. The topological polar surface area (TPSA) is 39.2 Å². The number of fused-ring (bicyclic) bond motifs is 1. The van der Waals surface area contributed by atoms with Crippen LogP contribution in [0.3, 0.4) is 0 Å². The second kappa shape index (κ2) is 6.30. The molecule has 0 fully saturated rings. The van der Waals surface area contributed by atoms with Gasteiger partial charge in [-0.15, -0.1) is 11.3 Å². The fourth-order valence-corrected chi connectivity index (χ4v) is 3.06. The minimum atomic E-state index is -0.343. The van der Waals surface area contributed by atoms with Gasteiger partial charge in [0.15, 0.2) is 0 Å². The van der Waals surface area contributed by atoms with Gasteiger partial charge in [0.05, 0.1) is 22.9 Å². The zero-order chi connectivity index (χ0) is 15.5. The average molecular weight is 330 g/mol. The van der Waals surface area contributed by atoms with Gasteiger partial charge in [0.2, 0.25) is 0 Å². The Balaban J connectivity index is 1.87. The molecule has 110 valence electrons. The normalized spacial score (nSPS) is 11.2. The van der Waals surface area contributed by atoms with Gasteiger partial charge in [-0.3, -0.25) is 0 Å². The molecule has 3 nitrogen and oxygen atoms in total. The molecule has 1 aromatic heterocycles. The monoisotopic (exact) mass is 329 g/mol. The van der Waals surface area contributed by atoms with Crippen LogP contribution in [0.2, 0.25) is 5.02 Å². The van der Waals surface area contributed by atoms with Crippen molar-refractivity contribution in [1.29, 1.82) is 0 Å². The standard InChI is InChI=1S/C17H12ClNO2S/c1-21-17(20)12-4-2-3-11(9-12)5-8-16-19-14-10-13(18)6-7-15(14)22-16/h2-10H,1H3. The van der Waals surface area contributed by atoms with Gasteiger partial charge in [-0.25, -0.2) is 9.78 Å². The molecule has 0 bridgehead atoms. The fraction of sp³-hybridized carbons (Fsp3) is 0.0588. The molecule has 0 spiro atoms. The van der Waals surface area contributed by atoms with Crippen LogP contribution in [0.15, 0.2) is 42.5 Å². The molecule has 5 heteroatoms. The molecular formula is C17H12ClNO2S. The predicted molar refractivity (Wildman–Crippen MR) is 91.3 cm³/mol. The van der Waals surface area contributed by atoms with Gasteiger partial charge in [-0.05, 0) is 42.0 Å². The van der Waals surface area contributed by atoms with Crippen molar-refractivity contribution in [2.45, 2.75) is 0 Å². The molecule has 0 unspecified atom stereocenters. The number of carbonyl (C=O) groups is 1. The summed E-state index contributed by atoms with van der Waals surface area (Å²) in [5, 5.41) is 1.57. The van der Waals surface area contributed by atoms with Crippen LogP contribution in [0, 0.1) is 0 Å². The van der Waals surface area contributed by atoms with Crippen LogP contribution in [-0.2, 0) is 4.74 Å². The van der Waals surface area contributed by atoms with E-state index in [0.29, 0.717) is 10.6 Å². The number of aromatic nitrogens is 1. The number of benzene rings is 2. The number of halogens is 1. The summed E-state index contributed by atoms with van der Waals surface area (Å²) in [5.74, 6) is -0.343. The molecule has 0 aliphatic carbocycles. The molecular weight excluding hydrogens is 318 g/mol. The van der Waals surface area contributed by atoms with E-state index in [4.69, 9.17) is 16.3 Å². The minimum absolute atomic E-state index is 0.343. The largest absolute Gasteiger partial charge is 0.465 e. The van der Waals surface area contributed by atoms with E-state index < -0.39 is 0 Å². The summed E-state index contributed by atoms with van der Waals surface area (Å²) < 4.78 is 5.81. The van der Waals surface area contributed by atoms with E-state index in [1.807, 2.05) is 42.5 Å². The highest BCUT2D eigenvalue weighted by atomic mass is 35.5. The summed E-state index contributed by atoms with van der Waals surface area (Å²) >= 11 is 7.56. The molecule has 0 radical (unpaired) electrons. The van der Waals surface area contributed by atoms with Crippen LogP contribution in [0.1, 0.15) is 20.9 Å². The maximum atomic E-state index is 11.5. The van der Waals surface area contributed by atoms with Crippen molar-refractivity contribution in [1.82, 2.24) is 4.98 Å². The lowest BCUT2D eigenvalue weighted by Crippen LogP contribution is -2.00. The number of hydrogen-bond acceptors (Lipinski definition) is 4. The van der Waals surface area contributed by atoms with Gasteiger partial charge in [0, 0.05) is 5.02 Å². The summed E-state index contributed by atoms with van der Waals surface area (Å²) in [7, 11) is 1.37. The summed E-state index contributed by atoms with van der Waals surface area (Å²) in [4.78, 5) is 16.0. The molecule has 0 aliphatic rings. The number of carbonyl (C=O) groups excluding carboxylic acids is 1. The Morgan fingerprint density at radius 2 is 2.09 bits per heavy atom. The molecule has 2 aromatic carbocycles. The lowest BCUT2D eigenvalue weighted by Gasteiger charge is -1.99. The summed E-state index contributed by atoms with van der Waals surface area (Å²) in [6.07, 6.45) is 3.85. The highest BCUT2D eigenvalue weighted by Gasteiger charge is 2.05. The molecule has 0 aliphatic heterocycles. The van der Waals surface area contributed by atoms with Crippen LogP contribution < -0.4 is 0 Å². The number of methoxy groups -OCH3 is 1. The van der Waals surface area contributed by atoms with E-state index in [0.717, 1.165) is 20.8 Å². The fourth-order valence-electron chi connectivity index (χ4n) is 2.04. The Labute approximate surface area is 136 Å². The number of esters is 1. The molecule has 22 heavy (non-hydrogen) atoms. The molecule has 0 saturated carbocycles. The lowest BCUT2D eigenvalue weighted by molar-refractivity contribution is 0.0600. The summed E-state index contributed by atoms with van der Waals surface area (Å²) in [5.41, 5.74) is 2.33. The summed E-state index contributed by atoms with van der Waals surface area (Å²) in [6, 6.07) is 12.9. The van der Waals surface area contributed by atoms with E-state index in [-0.39, 0.29) is 5.97 Å². The zero-order valence-electron chi connectivity index (χ0n) is 11.7. The van der Waals surface area contributed by atoms with Crippen LogP contribution >= 0.6 is 22.9 Å². The van der Waals surface area contributed by atoms with Crippen LogP contribution in [0.25, 0.3) is 22.4 Å². The van der Waals surface area contributed by atoms with Crippen molar-refractivity contribution in [3.63, 3.8) is 0 Å². The minimum Gasteiger partial charge on any atom is -0.465 e. The molecule has 3 aromatic rings. The Kier molecular flexibility index (Phi) is 4.22. The van der Waals surface area contributed by atoms with Gasteiger partial charge < -0.3 is 4.74 Å². The Morgan fingerprint density at radius 1 is 1.23 bits per heavy atom. The van der Waals surface area contributed by atoms with Crippen molar-refractivity contribution in [3.8, 4) is 0 Å². The molecule has 0 N–H and O–H groups in total. The Morgan fingerprint density at radius 3 is 2.91 bits per heavy atom. The molecule has 0 atom stereocenters. The first kappa shape index (κ1) is 14.8. The maximum Gasteiger partial charge on any atom is 0.337 e.